The summed E-state index contributed by atoms with van der Waals surface area (Å²) in [7, 11) is 5.25. The molecule has 1 aromatic carbocycles. The Kier molecular flexibility index (Phi) is 8.67. The van der Waals surface area contributed by atoms with Crippen molar-refractivity contribution < 1.29 is 22.8 Å². The van der Waals surface area contributed by atoms with E-state index in [0.717, 1.165) is 5.56 Å². The van der Waals surface area contributed by atoms with Crippen molar-refractivity contribution in [2.45, 2.75) is 50.7 Å². The monoisotopic (exact) mass is 524 g/mol. The van der Waals surface area contributed by atoms with Gasteiger partial charge in [-0.05, 0) is 69.6 Å². The maximum atomic E-state index is 14.0. The number of rotatable bonds is 10. The van der Waals surface area contributed by atoms with Gasteiger partial charge in [0.25, 0.3) is 5.91 Å². The summed E-state index contributed by atoms with van der Waals surface area (Å²) in [6.45, 7) is 2.00. The van der Waals surface area contributed by atoms with Crippen LogP contribution in [0.3, 0.4) is 0 Å². The number of alkyl halides is 3. The van der Waals surface area contributed by atoms with Gasteiger partial charge in [0.1, 0.15) is 0 Å². The molecule has 1 saturated carbocycles. The molecule has 1 heterocycles. The van der Waals surface area contributed by atoms with E-state index in [2.05, 4.69) is 15.6 Å². The summed E-state index contributed by atoms with van der Waals surface area (Å²) in [6, 6.07) is 8.19. The number of nitrogens with zero attached hydrogens (tertiary/aromatic N) is 2. The molecule has 10 heteroatoms. The van der Waals surface area contributed by atoms with Gasteiger partial charge in [0.2, 0.25) is 5.91 Å². The summed E-state index contributed by atoms with van der Waals surface area (Å²) in [6.07, 6.45) is -2.72. The minimum atomic E-state index is -4.40. The van der Waals surface area contributed by atoms with E-state index in [1.807, 2.05) is 19.0 Å². The molecule has 0 spiro atoms. The lowest BCUT2D eigenvalue weighted by Gasteiger charge is -2.30. The van der Waals surface area contributed by atoms with Crippen LogP contribution in [0.1, 0.15) is 52.4 Å². The highest BCUT2D eigenvalue weighted by molar-refractivity contribution is 6.31. The van der Waals surface area contributed by atoms with Crippen LogP contribution in [0, 0.1) is 12.3 Å². The molecule has 2 aromatic rings. The van der Waals surface area contributed by atoms with Gasteiger partial charge in [-0.1, -0.05) is 23.7 Å². The first kappa shape index (κ1) is 27.9. The second-order valence-electron chi connectivity index (χ2n) is 9.65. The van der Waals surface area contributed by atoms with Gasteiger partial charge in [-0.25, -0.2) is 0 Å². The average Bonchev–Trinajstić information content (AvgIpc) is 3.63. The molecule has 3 rings (SSSR count). The average molecular weight is 525 g/mol. The van der Waals surface area contributed by atoms with Crippen LogP contribution < -0.4 is 10.6 Å². The molecule has 196 valence electrons. The second-order valence-corrected chi connectivity index (χ2v) is 10.1. The molecular weight excluding hydrogens is 493 g/mol. The van der Waals surface area contributed by atoms with Gasteiger partial charge in [-0.3, -0.25) is 14.6 Å². The highest BCUT2D eigenvalue weighted by Gasteiger charge is 2.67. The van der Waals surface area contributed by atoms with Crippen LogP contribution in [0.25, 0.3) is 0 Å². The Morgan fingerprint density at radius 1 is 1.19 bits per heavy atom. The predicted molar refractivity (Wildman–Crippen MR) is 133 cm³/mol. The smallest absolute Gasteiger partial charge is 0.355 e. The zero-order chi connectivity index (χ0) is 26.7. The molecule has 2 atom stereocenters. The minimum absolute atomic E-state index is 0.00714. The van der Waals surface area contributed by atoms with Gasteiger partial charge in [-0.2, -0.15) is 13.2 Å². The molecule has 1 aromatic heterocycles. The van der Waals surface area contributed by atoms with E-state index in [1.165, 1.54) is 13.2 Å². The molecule has 1 aliphatic rings. The molecule has 0 aliphatic heterocycles. The van der Waals surface area contributed by atoms with E-state index >= 15 is 0 Å². The van der Waals surface area contributed by atoms with Gasteiger partial charge in [0.15, 0.2) is 0 Å². The Labute approximate surface area is 214 Å². The van der Waals surface area contributed by atoms with E-state index in [4.69, 9.17) is 11.6 Å². The zero-order valence-corrected chi connectivity index (χ0v) is 21.6. The molecule has 2 amide bonds. The number of aromatic nitrogens is 1. The molecule has 1 fully saturated rings. The largest absolute Gasteiger partial charge is 0.395 e. The SMILES string of the molecule is CNC(=O)c1ccc(CC(CNC(=O)CC(c2ccc(C)nc2)C2(C(F)(F)F)CC2)N(C)C)c(Cl)c1. The summed E-state index contributed by atoms with van der Waals surface area (Å²) < 4.78 is 41.9. The molecular formula is C26H32ClF3N4O2. The number of pyridine rings is 1. The third kappa shape index (κ3) is 6.37. The van der Waals surface area contributed by atoms with Gasteiger partial charge in [0, 0.05) is 54.4 Å². The quantitative estimate of drug-likeness (QED) is 0.480. The zero-order valence-electron chi connectivity index (χ0n) is 20.9. The number of halogens is 4. The molecule has 0 saturated heterocycles. The lowest BCUT2D eigenvalue weighted by atomic mass is 9.80. The maximum absolute atomic E-state index is 14.0. The number of carbonyl (C=O) groups is 2. The van der Waals surface area contributed by atoms with Gasteiger partial charge >= 0.3 is 6.18 Å². The summed E-state index contributed by atoms with van der Waals surface area (Å²) in [4.78, 5) is 30.8. The number of benzene rings is 1. The predicted octanol–water partition coefficient (Wildman–Crippen LogP) is 4.51. The number of likely N-dealkylation sites (N-methyl/N-ethyl adjacent to an activating group) is 1. The molecule has 0 bridgehead atoms. The van der Waals surface area contributed by atoms with Crippen LogP contribution in [0.15, 0.2) is 36.5 Å². The fourth-order valence-corrected chi connectivity index (χ4v) is 4.72. The minimum Gasteiger partial charge on any atom is -0.355 e. The van der Waals surface area contributed by atoms with Crippen molar-refractivity contribution in [2.75, 3.05) is 27.7 Å². The standard InChI is InChI=1S/C26H32ClF3N4O2/c1-16-5-6-19(14-32-16)21(25(9-10-25)26(28,29)30)13-23(35)33-15-20(34(3)4)11-17-7-8-18(12-22(17)27)24(36)31-2/h5-8,12,14,20-21H,9-11,13,15H2,1-4H3,(H,31,36)(H,33,35). The van der Waals surface area contributed by atoms with E-state index in [9.17, 15) is 22.8 Å². The van der Waals surface area contributed by atoms with Crippen molar-refractivity contribution in [2.24, 2.45) is 5.41 Å². The summed E-state index contributed by atoms with van der Waals surface area (Å²) in [5, 5.41) is 5.81. The van der Waals surface area contributed by atoms with Crippen LogP contribution in [0.5, 0.6) is 0 Å². The summed E-state index contributed by atoms with van der Waals surface area (Å²) in [5.74, 6) is -1.68. The van der Waals surface area contributed by atoms with Crippen LogP contribution >= 0.6 is 11.6 Å². The third-order valence-electron chi connectivity index (χ3n) is 7.01. The fourth-order valence-electron chi connectivity index (χ4n) is 4.46. The highest BCUT2D eigenvalue weighted by atomic mass is 35.5. The van der Waals surface area contributed by atoms with Crippen molar-refractivity contribution in [3.63, 3.8) is 0 Å². The Hall–Kier alpha value is -2.65. The Morgan fingerprint density at radius 3 is 2.39 bits per heavy atom. The molecule has 0 radical (unpaired) electrons. The van der Waals surface area contributed by atoms with Crippen molar-refractivity contribution in [1.29, 1.82) is 0 Å². The number of hydrogen-bond acceptors (Lipinski definition) is 4. The fraction of sp³-hybridized carbons (Fsp3) is 0.500. The first-order valence-corrected chi connectivity index (χ1v) is 12.2. The van der Waals surface area contributed by atoms with Crippen LogP contribution in [0.4, 0.5) is 13.2 Å². The van der Waals surface area contributed by atoms with Gasteiger partial charge in [-0.15, -0.1) is 0 Å². The maximum Gasteiger partial charge on any atom is 0.395 e. The molecule has 6 nitrogen and oxygen atoms in total. The van der Waals surface area contributed by atoms with Gasteiger partial charge < -0.3 is 15.5 Å². The van der Waals surface area contributed by atoms with E-state index < -0.39 is 23.4 Å². The second kappa shape index (κ2) is 11.2. The first-order valence-electron chi connectivity index (χ1n) is 11.8. The van der Waals surface area contributed by atoms with Crippen molar-refractivity contribution in [3.05, 3.63) is 63.9 Å². The molecule has 2 N–H and O–H groups in total. The van der Waals surface area contributed by atoms with E-state index in [0.29, 0.717) is 28.3 Å². The molecule has 36 heavy (non-hydrogen) atoms. The number of amides is 2. The van der Waals surface area contributed by atoms with Crippen molar-refractivity contribution in [1.82, 2.24) is 20.5 Å². The third-order valence-corrected chi connectivity index (χ3v) is 7.36. The van der Waals surface area contributed by atoms with Crippen molar-refractivity contribution in [3.8, 4) is 0 Å². The number of carbonyl (C=O) groups excluding carboxylic acids is 2. The van der Waals surface area contributed by atoms with Crippen LogP contribution in [0.2, 0.25) is 5.02 Å². The van der Waals surface area contributed by atoms with E-state index in [1.54, 1.807) is 37.3 Å². The van der Waals surface area contributed by atoms with Crippen LogP contribution in [-0.4, -0.2) is 61.6 Å². The number of nitrogens with one attached hydrogen (secondary N) is 2. The Morgan fingerprint density at radius 2 is 1.89 bits per heavy atom. The number of aryl methyl sites for hydroxylation is 1. The Bertz CT molecular complexity index is 1090. The molecule has 1 aliphatic carbocycles. The van der Waals surface area contributed by atoms with Crippen LogP contribution in [-0.2, 0) is 11.2 Å². The summed E-state index contributed by atoms with van der Waals surface area (Å²) >= 11 is 6.39. The topological polar surface area (TPSA) is 74.3 Å². The highest BCUT2D eigenvalue weighted by Crippen LogP contribution is 2.66. The van der Waals surface area contributed by atoms with Gasteiger partial charge in [0.05, 0.1) is 5.41 Å². The van der Waals surface area contributed by atoms with Crippen molar-refractivity contribution >= 4 is 23.4 Å². The first-order chi connectivity index (χ1) is 16.9. The number of hydrogen-bond donors (Lipinski definition) is 2. The lowest BCUT2D eigenvalue weighted by molar-refractivity contribution is -0.194. The Balaban J connectivity index is 1.70. The summed E-state index contributed by atoms with van der Waals surface area (Å²) in [5.41, 5.74) is 0.487. The normalized spacial score (nSPS) is 16.4. The lowest BCUT2D eigenvalue weighted by Crippen LogP contribution is -2.42. The van der Waals surface area contributed by atoms with E-state index in [-0.39, 0.29) is 37.8 Å². The molecule has 2 unspecified atom stereocenters.